The molecule has 0 aliphatic rings. The molecule has 1 aromatic carbocycles. The quantitative estimate of drug-likeness (QED) is 0.711. The molecule has 0 aliphatic carbocycles. The highest BCUT2D eigenvalue weighted by Gasteiger charge is 2.10. The van der Waals surface area contributed by atoms with Crippen LogP contribution in [0.4, 0.5) is 5.82 Å². The predicted molar refractivity (Wildman–Crippen MR) is 72.0 cm³/mol. The smallest absolute Gasteiger partial charge is 0.150 e. The molecule has 2 N–H and O–H groups in total. The first-order valence-electron chi connectivity index (χ1n) is 5.32. The Bertz CT molecular complexity index is 688. The van der Waals surface area contributed by atoms with E-state index in [0.717, 1.165) is 22.3 Å². The van der Waals surface area contributed by atoms with Gasteiger partial charge in [0.15, 0.2) is 5.82 Å². The van der Waals surface area contributed by atoms with Crippen LogP contribution in [0.2, 0.25) is 0 Å². The normalized spacial score (nSPS) is 10.9. The molecule has 2 heterocycles. The number of aryl methyl sites for hydroxylation is 1. The van der Waals surface area contributed by atoms with Crippen molar-refractivity contribution in [3.8, 4) is 11.3 Å². The Kier molecular flexibility index (Phi) is 2.30. The summed E-state index contributed by atoms with van der Waals surface area (Å²) in [4.78, 5) is 10.2. The lowest BCUT2D eigenvalue weighted by Crippen LogP contribution is -1.98. The van der Waals surface area contributed by atoms with Gasteiger partial charge >= 0.3 is 0 Å². The number of nitrogens with two attached hydrogens (primary N) is 1. The van der Waals surface area contributed by atoms with Gasteiger partial charge in [0.2, 0.25) is 0 Å². The van der Waals surface area contributed by atoms with Crippen molar-refractivity contribution in [1.29, 1.82) is 0 Å². The van der Waals surface area contributed by atoms with Gasteiger partial charge in [-0.05, 0) is 30.5 Å². The summed E-state index contributed by atoms with van der Waals surface area (Å²) in [7, 11) is 0. The Morgan fingerprint density at radius 3 is 2.41 bits per heavy atom. The van der Waals surface area contributed by atoms with Crippen LogP contribution in [0.25, 0.3) is 22.3 Å². The van der Waals surface area contributed by atoms with Crippen LogP contribution in [-0.2, 0) is 0 Å². The number of nitrogen functional groups attached to an aromatic ring is 1. The van der Waals surface area contributed by atoms with Crippen molar-refractivity contribution in [2.24, 2.45) is 0 Å². The van der Waals surface area contributed by atoms with Crippen LogP contribution in [0.15, 0.2) is 35.7 Å². The third-order valence-electron chi connectivity index (χ3n) is 2.71. The molecular formula is C13H11N3S. The zero-order valence-corrected chi connectivity index (χ0v) is 10.2. The lowest BCUT2D eigenvalue weighted by molar-refractivity contribution is 1.30. The highest BCUT2D eigenvalue weighted by atomic mass is 32.1. The number of rotatable bonds is 1. The number of fused-ring (bicyclic) bond motifs is 1. The van der Waals surface area contributed by atoms with Gasteiger partial charge in [0.05, 0.1) is 11.0 Å². The van der Waals surface area contributed by atoms with Gasteiger partial charge in [0.1, 0.15) is 5.69 Å². The SMILES string of the molecule is Cc1sccc1-c1nc2ccccc2nc1N. The maximum Gasteiger partial charge on any atom is 0.150 e. The molecular weight excluding hydrogens is 230 g/mol. The second-order valence-electron chi connectivity index (χ2n) is 3.84. The summed E-state index contributed by atoms with van der Waals surface area (Å²) in [5.74, 6) is 0.491. The van der Waals surface area contributed by atoms with Gasteiger partial charge in [-0.3, -0.25) is 0 Å². The minimum absolute atomic E-state index is 0.491. The Balaban J connectivity index is 2.30. The van der Waals surface area contributed by atoms with Crippen molar-refractivity contribution in [2.45, 2.75) is 6.92 Å². The monoisotopic (exact) mass is 241 g/mol. The van der Waals surface area contributed by atoms with Crippen LogP contribution >= 0.6 is 11.3 Å². The molecule has 0 amide bonds. The average molecular weight is 241 g/mol. The fourth-order valence-electron chi connectivity index (χ4n) is 1.84. The fourth-order valence-corrected chi connectivity index (χ4v) is 2.54. The zero-order chi connectivity index (χ0) is 11.8. The topological polar surface area (TPSA) is 51.8 Å². The molecule has 0 spiro atoms. The minimum Gasteiger partial charge on any atom is -0.382 e. The van der Waals surface area contributed by atoms with E-state index < -0.39 is 0 Å². The second kappa shape index (κ2) is 3.82. The Morgan fingerprint density at radius 1 is 1.06 bits per heavy atom. The summed E-state index contributed by atoms with van der Waals surface area (Å²) >= 11 is 1.69. The summed E-state index contributed by atoms with van der Waals surface area (Å²) in [5, 5.41) is 2.04. The molecule has 0 aliphatic heterocycles. The Hall–Kier alpha value is -1.94. The highest BCUT2D eigenvalue weighted by Crippen LogP contribution is 2.30. The summed E-state index contributed by atoms with van der Waals surface area (Å²) in [5.41, 5.74) is 9.54. The van der Waals surface area contributed by atoms with Crippen LogP contribution in [0, 0.1) is 6.92 Å². The molecule has 84 valence electrons. The lowest BCUT2D eigenvalue weighted by Gasteiger charge is -2.05. The fraction of sp³-hybridized carbons (Fsp3) is 0.0769. The molecule has 0 bridgehead atoms. The maximum absolute atomic E-state index is 5.98. The van der Waals surface area contributed by atoms with Gasteiger partial charge in [-0.25, -0.2) is 9.97 Å². The number of para-hydroxylation sites is 2. The minimum atomic E-state index is 0.491. The predicted octanol–water partition coefficient (Wildman–Crippen LogP) is 3.25. The summed E-state index contributed by atoms with van der Waals surface area (Å²) < 4.78 is 0. The molecule has 0 unspecified atom stereocenters. The second-order valence-corrected chi connectivity index (χ2v) is 4.96. The van der Waals surface area contributed by atoms with Gasteiger partial charge in [0.25, 0.3) is 0 Å². The van der Waals surface area contributed by atoms with E-state index in [9.17, 15) is 0 Å². The standard InChI is InChI=1S/C13H11N3S/c1-8-9(6-7-17-8)12-13(14)16-11-5-3-2-4-10(11)15-12/h2-7H,1H3,(H2,14,16). The van der Waals surface area contributed by atoms with Crippen LogP contribution in [0.3, 0.4) is 0 Å². The van der Waals surface area contributed by atoms with E-state index in [4.69, 9.17) is 5.73 Å². The number of thiophene rings is 1. The molecule has 17 heavy (non-hydrogen) atoms. The molecule has 0 saturated heterocycles. The molecule has 4 heteroatoms. The third kappa shape index (κ3) is 1.66. The summed E-state index contributed by atoms with van der Waals surface area (Å²) in [6.45, 7) is 2.07. The molecule has 0 fully saturated rings. The van der Waals surface area contributed by atoms with Gasteiger partial charge in [0, 0.05) is 10.4 Å². The van der Waals surface area contributed by atoms with Crippen LogP contribution in [0.1, 0.15) is 4.88 Å². The lowest BCUT2D eigenvalue weighted by atomic mass is 10.2. The highest BCUT2D eigenvalue weighted by molar-refractivity contribution is 7.10. The van der Waals surface area contributed by atoms with E-state index in [1.54, 1.807) is 11.3 Å². The van der Waals surface area contributed by atoms with Crippen molar-refractivity contribution in [1.82, 2.24) is 9.97 Å². The first-order valence-corrected chi connectivity index (χ1v) is 6.20. The van der Waals surface area contributed by atoms with Gasteiger partial charge in [-0.2, -0.15) is 0 Å². The maximum atomic E-state index is 5.98. The Labute approximate surface area is 103 Å². The van der Waals surface area contributed by atoms with E-state index in [-0.39, 0.29) is 0 Å². The molecule has 2 aromatic heterocycles. The number of hydrogen-bond donors (Lipinski definition) is 1. The molecule has 0 atom stereocenters. The molecule has 0 saturated carbocycles. The Morgan fingerprint density at radius 2 is 1.76 bits per heavy atom. The number of nitrogens with zero attached hydrogens (tertiary/aromatic N) is 2. The van der Waals surface area contributed by atoms with Crippen molar-refractivity contribution < 1.29 is 0 Å². The van der Waals surface area contributed by atoms with Crippen LogP contribution < -0.4 is 5.73 Å². The number of anilines is 1. The largest absolute Gasteiger partial charge is 0.382 e. The van der Waals surface area contributed by atoms with Crippen molar-refractivity contribution in [3.63, 3.8) is 0 Å². The third-order valence-corrected chi connectivity index (χ3v) is 3.56. The van der Waals surface area contributed by atoms with Crippen molar-refractivity contribution >= 4 is 28.2 Å². The number of aromatic nitrogens is 2. The molecule has 3 aromatic rings. The van der Waals surface area contributed by atoms with Gasteiger partial charge < -0.3 is 5.73 Å². The molecule has 3 rings (SSSR count). The van der Waals surface area contributed by atoms with Crippen molar-refractivity contribution in [2.75, 3.05) is 5.73 Å². The molecule has 0 radical (unpaired) electrons. The van der Waals surface area contributed by atoms with Gasteiger partial charge in [-0.1, -0.05) is 12.1 Å². The summed E-state index contributed by atoms with van der Waals surface area (Å²) in [6.07, 6.45) is 0. The average Bonchev–Trinajstić information content (AvgIpc) is 2.74. The number of hydrogen-bond acceptors (Lipinski definition) is 4. The first-order chi connectivity index (χ1) is 8.25. The molecule has 3 nitrogen and oxygen atoms in total. The van der Waals surface area contributed by atoms with Crippen LogP contribution in [-0.4, -0.2) is 9.97 Å². The van der Waals surface area contributed by atoms with E-state index in [2.05, 4.69) is 16.9 Å². The van der Waals surface area contributed by atoms with E-state index in [1.807, 2.05) is 35.7 Å². The first kappa shape index (κ1) is 10.2. The zero-order valence-electron chi connectivity index (χ0n) is 9.34. The van der Waals surface area contributed by atoms with E-state index in [1.165, 1.54) is 4.88 Å². The van der Waals surface area contributed by atoms with E-state index in [0.29, 0.717) is 5.82 Å². The van der Waals surface area contributed by atoms with Crippen molar-refractivity contribution in [3.05, 3.63) is 40.6 Å². The summed E-state index contributed by atoms with van der Waals surface area (Å²) in [6, 6.07) is 9.80. The number of benzene rings is 1. The van der Waals surface area contributed by atoms with E-state index >= 15 is 0 Å². The van der Waals surface area contributed by atoms with Gasteiger partial charge in [-0.15, -0.1) is 11.3 Å². The van der Waals surface area contributed by atoms with Crippen LogP contribution in [0.5, 0.6) is 0 Å².